The molecule has 4 amide bonds. The van der Waals surface area contributed by atoms with E-state index < -0.39 is 35.7 Å². The van der Waals surface area contributed by atoms with E-state index in [4.69, 9.17) is 0 Å². The SMILES string of the molecule is Cc1ccccc1NC(=O)CN1C(=O)NC(C)(c2ccc(F)cc2)C1=O. The summed E-state index contributed by atoms with van der Waals surface area (Å²) in [5.74, 6) is -1.48. The lowest BCUT2D eigenvalue weighted by Crippen LogP contribution is -2.42. The van der Waals surface area contributed by atoms with Crippen molar-refractivity contribution in [2.75, 3.05) is 11.9 Å². The topological polar surface area (TPSA) is 78.5 Å². The summed E-state index contributed by atoms with van der Waals surface area (Å²) in [4.78, 5) is 38.1. The molecule has 7 heteroatoms. The Bertz CT molecular complexity index is 882. The summed E-state index contributed by atoms with van der Waals surface area (Å²) in [7, 11) is 0. The highest BCUT2D eigenvalue weighted by molar-refractivity contribution is 6.10. The van der Waals surface area contributed by atoms with Crippen molar-refractivity contribution in [2.45, 2.75) is 19.4 Å². The van der Waals surface area contributed by atoms with E-state index in [0.717, 1.165) is 10.5 Å². The van der Waals surface area contributed by atoms with Gasteiger partial charge >= 0.3 is 6.03 Å². The number of anilines is 1. The summed E-state index contributed by atoms with van der Waals surface area (Å²) in [6.45, 7) is 2.96. The molecule has 1 aliphatic heterocycles. The highest BCUT2D eigenvalue weighted by Crippen LogP contribution is 2.28. The van der Waals surface area contributed by atoms with Crippen LogP contribution in [0.1, 0.15) is 18.1 Å². The van der Waals surface area contributed by atoms with Gasteiger partial charge in [-0.15, -0.1) is 0 Å². The van der Waals surface area contributed by atoms with Crippen LogP contribution in [-0.4, -0.2) is 29.3 Å². The number of carbonyl (C=O) groups excluding carboxylic acids is 3. The molecule has 2 N–H and O–H groups in total. The van der Waals surface area contributed by atoms with Crippen molar-refractivity contribution < 1.29 is 18.8 Å². The second-order valence-electron chi connectivity index (χ2n) is 6.32. The van der Waals surface area contributed by atoms with E-state index >= 15 is 0 Å². The molecule has 1 aliphatic rings. The number of carbonyl (C=O) groups is 3. The molecule has 0 aliphatic carbocycles. The first-order valence-corrected chi connectivity index (χ1v) is 8.07. The first-order valence-electron chi connectivity index (χ1n) is 8.07. The quantitative estimate of drug-likeness (QED) is 0.828. The molecule has 0 spiro atoms. The minimum atomic E-state index is -1.34. The molecule has 1 fully saturated rings. The number of benzene rings is 2. The van der Waals surface area contributed by atoms with Gasteiger partial charge in [0.1, 0.15) is 17.9 Å². The molecule has 1 saturated heterocycles. The number of hydrogen-bond donors (Lipinski definition) is 2. The van der Waals surface area contributed by atoms with Gasteiger partial charge in [-0.25, -0.2) is 9.18 Å². The summed E-state index contributed by atoms with van der Waals surface area (Å²) in [6, 6.07) is 11.8. The third kappa shape index (κ3) is 3.15. The maximum Gasteiger partial charge on any atom is 0.325 e. The zero-order valence-corrected chi connectivity index (χ0v) is 14.4. The smallest absolute Gasteiger partial charge is 0.324 e. The van der Waals surface area contributed by atoms with Crippen molar-refractivity contribution in [3.05, 3.63) is 65.5 Å². The van der Waals surface area contributed by atoms with E-state index in [0.29, 0.717) is 11.3 Å². The molecule has 6 nitrogen and oxygen atoms in total. The molecule has 134 valence electrons. The molecule has 0 aromatic heterocycles. The van der Waals surface area contributed by atoms with E-state index in [-0.39, 0.29) is 0 Å². The minimum Gasteiger partial charge on any atom is -0.324 e. The van der Waals surface area contributed by atoms with Crippen LogP contribution in [0, 0.1) is 12.7 Å². The molecule has 1 heterocycles. The molecular weight excluding hydrogens is 337 g/mol. The Hall–Kier alpha value is -3.22. The van der Waals surface area contributed by atoms with Gasteiger partial charge in [0.15, 0.2) is 0 Å². The Morgan fingerprint density at radius 1 is 1.15 bits per heavy atom. The van der Waals surface area contributed by atoms with Crippen molar-refractivity contribution in [3.8, 4) is 0 Å². The van der Waals surface area contributed by atoms with Gasteiger partial charge in [-0.3, -0.25) is 14.5 Å². The third-order valence-electron chi connectivity index (χ3n) is 4.42. The average molecular weight is 355 g/mol. The van der Waals surface area contributed by atoms with E-state index in [1.165, 1.54) is 31.2 Å². The Morgan fingerprint density at radius 2 is 1.81 bits per heavy atom. The number of amides is 4. The van der Waals surface area contributed by atoms with Gasteiger partial charge in [0.25, 0.3) is 5.91 Å². The number of nitrogens with zero attached hydrogens (tertiary/aromatic N) is 1. The van der Waals surface area contributed by atoms with Crippen LogP contribution in [0.25, 0.3) is 0 Å². The summed E-state index contributed by atoms with van der Waals surface area (Å²) in [5.41, 5.74) is 0.590. The normalized spacial score (nSPS) is 19.4. The molecule has 2 aromatic carbocycles. The number of rotatable bonds is 4. The maximum atomic E-state index is 13.1. The Morgan fingerprint density at radius 3 is 2.46 bits per heavy atom. The number of aryl methyl sites for hydroxylation is 1. The number of halogens is 1. The van der Waals surface area contributed by atoms with Crippen LogP contribution in [0.4, 0.5) is 14.9 Å². The lowest BCUT2D eigenvalue weighted by atomic mass is 9.92. The number of hydrogen-bond acceptors (Lipinski definition) is 3. The molecular formula is C19H18FN3O3. The third-order valence-corrected chi connectivity index (χ3v) is 4.42. The second-order valence-corrected chi connectivity index (χ2v) is 6.32. The number of imide groups is 1. The maximum absolute atomic E-state index is 13.1. The molecule has 0 radical (unpaired) electrons. The number of para-hydroxylation sites is 1. The van der Waals surface area contributed by atoms with E-state index in [1.54, 1.807) is 12.1 Å². The van der Waals surface area contributed by atoms with Gasteiger partial charge < -0.3 is 10.6 Å². The minimum absolute atomic E-state index is 0.407. The molecule has 0 saturated carbocycles. The van der Waals surface area contributed by atoms with Gasteiger partial charge in [0.2, 0.25) is 5.91 Å². The predicted molar refractivity (Wildman–Crippen MR) is 93.8 cm³/mol. The number of nitrogens with one attached hydrogen (secondary N) is 2. The van der Waals surface area contributed by atoms with Gasteiger partial charge in [0.05, 0.1) is 0 Å². The standard InChI is InChI=1S/C19H18FN3O3/c1-12-5-3-4-6-15(12)21-16(24)11-23-17(25)19(2,22-18(23)26)13-7-9-14(20)10-8-13/h3-10H,11H2,1-2H3,(H,21,24)(H,22,26). The van der Waals surface area contributed by atoms with Gasteiger partial charge in [-0.2, -0.15) is 0 Å². The first-order chi connectivity index (χ1) is 12.3. The lowest BCUT2D eigenvalue weighted by molar-refractivity contribution is -0.133. The molecule has 26 heavy (non-hydrogen) atoms. The summed E-state index contributed by atoms with van der Waals surface area (Å²) >= 11 is 0. The fourth-order valence-corrected chi connectivity index (χ4v) is 2.87. The van der Waals surface area contributed by atoms with Crippen LogP contribution >= 0.6 is 0 Å². The zero-order valence-electron chi connectivity index (χ0n) is 14.4. The van der Waals surface area contributed by atoms with Crippen molar-refractivity contribution in [1.29, 1.82) is 0 Å². The van der Waals surface area contributed by atoms with Crippen LogP contribution in [0.15, 0.2) is 48.5 Å². The highest BCUT2D eigenvalue weighted by Gasteiger charge is 2.49. The van der Waals surface area contributed by atoms with Gasteiger partial charge in [0, 0.05) is 5.69 Å². The van der Waals surface area contributed by atoms with Crippen molar-refractivity contribution in [1.82, 2.24) is 10.2 Å². The van der Waals surface area contributed by atoms with Crippen molar-refractivity contribution in [2.24, 2.45) is 0 Å². The van der Waals surface area contributed by atoms with Crippen LogP contribution < -0.4 is 10.6 Å². The van der Waals surface area contributed by atoms with Crippen LogP contribution in [-0.2, 0) is 15.1 Å². The highest BCUT2D eigenvalue weighted by atomic mass is 19.1. The monoisotopic (exact) mass is 355 g/mol. The van der Waals surface area contributed by atoms with E-state index in [2.05, 4.69) is 10.6 Å². The summed E-state index contributed by atoms with van der Waals surface area (Å²) in [5, 5.41) is 5.27. The largest absolute Gasteiger partial charge is 0.325 e. The van der Waals surface area contributed by atoms with Crippen LogP contribution in [0.3, 0.4) is 0 Å². The lowest BCUT2D eigenvalue weighted by Gasteiger charge is -2.22. The fourth-order valence-electron chi connectivity index (χ4n) is 2.87. The Kier molecular flexibility index (Phi) is 4.46. The zero-order chi connectivity index (χ0) is 18.9. The molecule has 1 unspecified atom stereocenters. The van der Waals surface area contributed by atoms with E-state index in [9.17, 15) is 18.8 Å². The summed E-state index contributed by atoms with van der Waals surface area (Å²) in [6.07, 6.45) is 0. The van der Waals surface area contributed by atoms with Gasteiger partial charge in [-0.05, 0) is 43.2 Å². The molecule has 1 atom stereocenters. The Balaban J connectivity index is 1.76. The van der Waals surface area contributed by atoms with Crippen molar-refractivity contribution >= 4 is 23.5 Å². The number of urea groups is 1. The van der Waals surface area contributed by atoms with E-state index in [1.807, 2.05) is 19.1 Å². The predicted octanol–water partition coefficient (Wildman–Crippen LogP) is 2.54. The summed E-state index contributed by atoms with van der Waals surface area (Å²) < 4.78 is 13.1. The molecule has 2 aromatic rings. The molecule has 3 rings (SSSR count). The molecule has 0 bridgehead atoms. The average Bonchev–Trinajstić information content (AvgIpc) is 2.82. The second kappa shape index (κ2) is 6.59. The van der Waals surface area contributed by atoms with Crippen LogP contribution in [0.5, 0.6) is 0 Å². The fraction of sp³-hybridized carbons (Fsp3) is 0.211. The van der Waals surface area contributed by atoms with Crippen molar-refractivity contribution in [3.63, 3.8) is 0 Å². The Labute approximate surface area is 150 Å². The van der Waals surface area contributed by atoms with Gasteiger partial charge in [-0.1, -0.05) is 30.3 Å². The first kappa shape index (κ1) is 17.6. The van der Waals surface area contributed by atoms with Crippen LogP contribution in [0.2, 0.25) is 0 Å².